The van der Waals surface area contributed by atoms with E-state index in [1.165, 1.54) is 24.3 Å². The normalized spacial score (nSPS) is 11.5. The van der Waals surface area contributed by atoms with Crippen molar-refractivity contribution in [2.24, 2.45) is 0 Å². The maximum Gasteiger partial charge on any atom is 0.337 e. The second kappa shape index (κ2) is 16.0. The standard InChI is InChI=1S/C48H30N4O8.Rh/c53-45(54)34-12-4-1-9-31(34)41-38-22-21-29(51-38)24-28-18-17-26(49-28)23-27-19-20-30(50-27)25-40-42(32-10-2-5-13-35(32)46(55)56)43(33-11-3-6-14-36(33)47(57)58)44(41)52(40)39-16-8-7-15-37(39)48(59)60;/h1-25,49H,(H,53,54)(H,55,56)(H,57,58)(H,59,60);. The topological polar surface area (TPSA) is 196 Å². The average molecular weight is 894 g/mol. The minimum Gasteiger partial charge on any atom is -0.478 e. The number of rotatable bonds is 8. The Morgan fingerprint density at radius 1 is 0.459 bits per heavy atom. The second-order valence-corrected chi connectivity index (χ2v) is 13.9. The summed E-state index contributed by atoms with van der Waals surface area (Å²) in [5.41, 5.74) is 4.17. The first-order valence-electron chi connectivity index (χ1n) is 18.5. The van der Waals surface area contributed by atoms with Crippen LogP contribution in [-0.2, 0) is 19.5 Å². The fourth-order valence-corrected chi connectivity index (χ4v) is 7.86. The smallest absolute Gasteiger partial charge is 0.337 e. The fourth-order valence-electron chi connectivity index (χ4n) is 7.86. The maximum atomic E-state index is 13.2. The molecule has 1 radical (unpaired) electrons. The number of carboxylic acid groups (broad SMARTS) is 4. The number of aromatic nitrogens is 4. The summed E-state index contributed by atoms with van der Waals surface area (Å²) < 4.78 is 1.62. The van der Waals surface area contributed by atoms with Crippen molar-refractivity contribution in [1.82, 2.24) is 19.5 Å². The predicted molar refractivity (Wildman–Crippen MR) is 228 cm³/mol. The van der Waals surface area contributed by atoms with Gasteiger partial charge in [0, 0.05) is 52.8 Å². The summed E-state index contributed by atoms with van der Waals surface area (Å²) in [5, 5.41) is 43.0. The van der Waals surface area contributed by atoms with Crippen molar-refractivity contribution >= 4 is 70.2 Å². The molecule has 12 nitrogen and oxygen atoms in total. The third kappa shape index (κ3) is 7.13. The van der Waals surface area contributed by atoms with Crippen molar-refractivity contribution in [1.29, 1.82) is 0 Å². The van der Waals surface area contributed by atoms with Gasteiger partial charge in [-0.1, -0.05) is 66.7 Å². The molecule has 0 spiro atoms. The minimum absolute atomic E-state index is 0. The van der Waals surface area contributed by atoms with Crippen LogP contribution in [0.1, 0.15) is 64.2 Å². The van der Waals surface area contributed by atoms with Gasteiger partial charge in [-0.05, 0) is 96.1 Å². The molecule has 0 saturated carbocycles. The molecule has 0 unspecified atom stereocenters. The van der Waals surface area contributed by atoms with Gasteiger partial charge in [0.05, 0.1) is 61.8 Å². The number of nitrogens with zero attached hydrogens (tertiary/aromatic N) is 3. The average Bonchev–Trinajstić information content (AvgIpc) is 4.06. The number of nitrogens with one attached hydrogen (secondary N) is 1. The van der Waals surface area contributed by atoms with E-state index in [2.05, 4.69) is 4.98 Å². The van der Waals surface area contributed by atoms with Crippen LogP contribution in [-0.4, -0.2) is 63.8 Å². The first kappa shape index (κ1) is 39.8. The van der Waals surface area contributed by atoms with Gasteiger partial charge < -0.3 is 30.0 Å². The molecule has 61 heavy (non-hydrogen) atoms. The van der Waals surface area contributed by atoms with Crippen LogP contribution in [0.2, 0.25) is 0 Å². The van der Waals surface area contributed by atoms with E-state index >= 15 is 0 Å². The van der Waals surface area contributed by atoms with E-state index in [0.717, 1.165) is 5.52 Å². The molecule has 5 N–H and O–H groups in total. The Hall–Kier alpha value is -8.02. The molecule has 4 aromatic carbocycles. The van der Waals surface area contributed by atoms with Crippen molar-refractivity contribution in [3.05, 3.63) is 172 Å². The Labute approximate surface area is 358 Å². The number of hydrogen-bond acceptors (Lipinski definition) is 6. The van der Waals surface area contributed by atoms with E-state index in [1.54, 1.807) is 108 Å². The molecule has 13 heteroatoms. The van der Waals surface area contributed by atoms with Gasteiger partial charge in [0.15, 0.2) is 0 Å². The summed E-state index contributed by atoms with van der Waals surface area (Å²) in [5.74, 6) is -5.14. The molecular formula is C48H30N4O8Rh. The van der Waals surface area contributed by atoms with Crippen LogP contribution in [0.25, 0.3) is 85.4 Å². The summed E-state index contributed by atoms with van der Waals surface area (Å²) >= 11 is 0. The van der Waals surface area contributed by atoms with Crippen molar-refractivity contribution in [2.45, 2.75) is 0 Å². The largest absolute Gasteiger partial charge is 0.478 e. The van der Waals surface area contributed by atoms with Crippen LogP contribution in [0.4, 0.5) is 0 Å². The zero-order valence-corrected chi connectivity index (χ0v) is 33.2. The quantitative estimate of drug-likeness (QED) is 0.0916. The number of fused-ring (bicyclic) bond motifs is 8. The molecule has 3 aromatic heterocycles. The number of carboxylic acids is 4. The summed E-state index contributed by atoms with van der Waals surface area (Å²) in [4.78, 5) is 66.1. The predicted octanol–water partition coefficient (Wildman–Crippen LogP) is 9.91. The molecule has 0 atom stereocenters. The number of benzene rings is 4. The van der Waals surface area contributed by atoms with Crippen LogP contribution in [0.15, 0.2) is 127 Å². The zero-order chi connectivity index (χ0) is 41.7. The van der Waals surface area contributed by atoms with E-state index in [1.807, 2.05) is 24.3 Å². The van der Waals surface area contributed by atoms with Crippen LogP contribution >= 0.6 is 0 Å². The minimum atomic E-state index is -1.30. The Morgan fingerprint density at radius 2 is 0.885 bits per heavy atom. The molecule has 0 fully saturated rings. The number of para-hydroxylation sites is 1. The van der Waals surface area contributed by atoms with Gasteiger partial charge in [0.25, 0.3) is 0 Å². The Balaban J connectivity index is 0.00000514. The van der Waals surface area contributed by atoms with Crippen molar-refractivity contribution in [3.63, 3.8) is 0 Å². The first-order chi connectivity index (χ1) is 29.1. The second-order valence-electron chi connectivity index (χ2n) is 13.9. The molecule has 5 heterocycles. The van der Waals surface area contributed by atoms with Crippen LogP contribution in [0, 0.1) is 0 Å². The zero-order valence-electron chi connectivity index (χ0n) is 31.5. The van der Waals surface area contributed by atoms with E-state index in [4.69, 9.17) is 9.97 Å². The van der Waals surface area contributed by atoms with Gasteiger partial charge in [0.1, 0.15) is 0 Å². The van der Waals surface area contributed by atoms with Gasteiger partial charge in [-0.25, -0.2) is 29.1 Å². The number of hydrogen-bond donors (Lipinski definition) is 5. The van der Waals surface area contributed by atoms with Crippen LogP contribution in [0.5, 0.6) is 0 Å². The van der Waals surface area contributed by atoms with Gasteiger partial charge in [-0.2, -0.15) is 0 Å². The summed E-state index contributed by atoms with van der Waals surface area (Å²) in [7, 11) is 0. The molecule has 9 rings (SSSR count). The van der Waals surface area contributed by atoms with Crippen molar-refractivity contribution in [3.8, 4) is 39.1 Å². The molecule has 0 amide bonds. The molecular weight excluding hydrogens is 863 g/mol. The number of aromatic amines is 1. The van der Waals surface area contributed by atoms with Gasteiger partial charge in [-0.3, -0.25) is 0 Å². The Morgan fingerprint density at radius 3 is 1.43 bits per heavy atom. The Kier molecular flexibility index (Phi) is 10.4. The third-order valence-electron chi connectivity index (χ3n) is 10.3. The van der Waals surface area contributed by atoms with E-state index in [0.29, 0.717) is 22.6 Å². The summed E-state index contributed by atoms with van der Waals surface area (Å²) in [6.07, 6.45) is 7.01. The van der Waals surface area contributed by atoms with E-state index in [9.17, 15) is 39.6 Å². The molecule has 2 aliphatic heterocycles. The number of carbonyl (C=O) groups is 4. The van der Waals surface area contributed by atoms with Gasteiger partial charge >= 0.3 is 23.9 Å². The number of aromatic carboxylic acids is 4. The van der Waals surface area contributed by atoms with Gasteiger partial charge in [0.2, 0.25) is 0 Å². The van der Waals surface area contributed by atoms with Crippen molar-refractivity contribution < 1.29 is 59.1 Å². The van der Waals surface area contributed by atoms with Gasteiger partial charge in [-0.15, -0.1) is 0 Å². The molecule has 299 valence electrons. The van der Waals surface area contributed by atoms with Crippen LogP contribution < -0.4 is 0 Å². The molecule has 8 bridgehead atoms. The first-order valence-corrected chi connectivity index (χ1v) is 18.5. The van der Waals surface area contributed by atoms with Crippen LogP contribution in [0.3, 0.4) is 0 Å². The monoisotopic (exact) mass is 893 g/mol. The SMILES string of the molecule is O=C(O)c1ccccc1-c1c(-c2ccccc2C(=O)O)c2c(-c3ccccc3C(=O)O)c3nc(cc4ccc(cc5nc(cc1n2-c1ccccc1C(=O)O)C=C5)[nH]4)C=C3.[Rh]. The molecule has 2 aliphatic rings. The Bertz CT molecular complexity index is 3250. The maximum absolute atomic E-state index is 13.2. The number of H-pyrrole nitrogens is 1. The van der Waals surface area contributed by atoms with E-state index in [-0.39, 0.29) is 97.5 Å². The van der Waals surface area contributed by atoms with E-state index < -0.39 is 23.9 Å². The fraction of sp³-hybridized carbons (Fsp3) is 0. The molecule has 7 aromatic rings. The molecule has 0 saturated heterocycles. The summed E-state index contributed by atoms with van der Waals surface area (Å²) in [6, 6.07) is 34.1. The third-order valence-corrected chi connectivity index (χ3v) is 10.3. The summed E-state index contributed by atoms with van der Waals surface area (Å²) in [6.45, 7) is 0. The van der Waals surface area contributed by atoms with Crippen molar-refractivity contribution in [2.75, 3.05) is 0 Å². The molecule has 0 aliphatic carbocycles.